The normalized spacial score (nSPS) is 10.8. The van der Waals surface area contributed by atoms with Crippen LogP contribution in [0.1, 0.15) is 0 Å². The van der Waals surface area contributed by atoms with Crippen molar-refractivity contribution < 1.29 is 4.74 Å². The fourth-order valence-corrected chi connectivity index (χ4v) is 2.18. The van der Waals surface area contributed by atoms with Gasteiger partial charge in [0.25, 0.3) is 0 Å². The predicted octanol–water partition coefficient (Wildman–Crippen LogP) is 1.88. The lowest BCUT2D eigenvalue weighted by Crippen LogP contribution is -2.24. The smallest absolute Gasteiger partial charge is 0.163 e. The molecule has 6 heteroatoms. The molecule has 0 aliphatic rings. The molecule has 21 heavy (non-hydrogen) atoms. The second-order valence-corrected chi connectivity index (χ2v) is 4.79. The quantitative estimate of drug-likeness (QED) is 0.715. The maximum absolute atomic E-state index is 5.71. The SMILES string of the molecule is CN(CCOc1ccccc1)c1ncnc2c1cnn2C. The fraction of sp³-hybridized carbons (Fsp3) is 0.267. The van der Waals surface area contributed by atoms with Crippen molar-refractivity contribution in [1.29, 1.82) is 0 Å². The first-order valence-corrected chi connectivity index (χ1v) is 6.77. The first-order valence-electron chi connectivity index (χ1n) is 6.77. The van der Waals surface area contributed by atoms with Gasteiger partial charge in [0.2, 0.25) is 0 Å². The van der Waals surface area contributed by atoms with Gasteiger partial charge in [0.15, 0.2) is 5.65 Å². The van der Waals surface area contributed by atoms with Crippen LogP contribution < -0.4 is 9.64 Å². The second-order valence-electron chi connectivity index (χ2n) is 4.79. The predicted molar refractivity (Wildman–Crippen MR) is 81.5 cm³/mol. The molecule has 2 heterocycles. The average molecular weight is 283 g/mol. The van der Waals surface area contributed by atoms with E-state index in [9.17, 15) is 0 Å². The molecule has 0 bridgehead atoms. The third-order valence-corrected chi connectivity index (χ3v) is 3.31. The van der Waals surface area contributed by atoms with E-state index in [1.54, 1.807) is 17.2 Å². The number of hydrogen-bond acceptors (Lipinski definition) is 5. The third kappa shape index (κ3) is 2.79. The Hall–Kier alpha value is -2.63. The van der Waals surface area contributed by atoms with Gasteiger partial charge < -0.3 is 9.64 Å². The monoisotopic (exact) mass is 283 g/mol. The van der Waals surface area contributed by atoms with Crippen LogP contribution in [0.5, 0.6) is 5.75 Å². The number of anilines is 1. The average Bonchev–Trinajstić information content (AvgIpc) is 2.90. The molecule has 0 atom stereocenters. The first kappa shape index (κ1) is 13.4. The van der Waals surface area contributed by atoms with Gasteiger partial charge in [-0.05, 0) is 12.1 Å². The minimum absolute atomic E-state index is 0.590. The van der Waals surface area contributed by atoms with Crippen LogP contribution in [0.2, 0.25) is 0 Å². The Morgan fingerprint density at radius 1 is 1.19 bits per heavy atom. The van der Waals surface area contributed by atoms with Crippen LogP contribution in [0.25, 0.3) is 11.0 Å². The van der Waals surface area contributed by atoms with E-state index >= 15 is 0 Å². The fourth-order valence-electron chi connectivity index (χ4n) is 2.18. The maximum atomic E-state index is 5.71. The third-order valence-electron chi connectivity index (χ3n) is 3.31. The van der Waals surface area contributed by atoms with E-state index in [1.165, 1.54) is 0 Å². The number of aromatic nitrogens is 4. The van der Waals surface area contributed by atoms with Crippen molar-refractivity contribution in [3.05, 3.63) is 42.9 Å². The molecule has 0 aliphatic heterocycles. The van der Waals surface area contributed by atoms with E-state index in [0.717, 1.165) is 29.1 Å². The van der Waals surface area contributed by atoms with Crippen molar-refractivity contribution in [3.63, 3.8) is 0 Å². The topological polar surface area (TPSA) is 56.1 Å². The molecule has 0 fully saturated rings. The van der Waals surface area contributed by atoms with E-state index < -0.39 is 0 Å². The summed E-state index contributed by atoms with van der Waals surface area (Å²) in [5.74, 6) is 1.74. The Morgan fingerprint density at radius 2 is 2.00 bits per heavy atom. The van der Waals surface area contributed by atoms with E-state index in [0.29, 0.717) is 6.61 Å². The summed E-state index contributed by atoms with van der Waals surface area (Å²) in [6.45, 7) is 1.32. The number of ether oxygens (including phenoxy) is 1. The highest BCUT2D eigenvalue weighted by Gasteiger charge is 2.11. The highest BCUT2D eigenvalue weighted by atomic mass is 16.5. The molecule has 0 aliphatic carbocycles. The molecule has 2 aromatic heterocycles. The molecule has 0 saturated heterocycles. The number of fused-ring (bicyclic) bond motifs is 1. The van der Waals surface area contributed by atoms with Gasteiger partial charge in [-0.1, -0.05) is 18.2 Å². The van der Waals surface area contributed by atoms with Crippen LogP contribution >= 0.6 is 0 Å². The van der Waals surface area contributed by atoms with Gasteiger partial charge in [-0.3, -0.25) is 4.68 Å². The number of aryl methyl sites for hydroxylation is 1. The summed E-state index contributed by atoms with van der Waals surface area (Å²) in [6, 6.07) is 9.79. The summed E-state index contributed by atoms with van der Waals surface area (Å²) in [5, 5.41) is 5.17. The van der Waals surface area contributed by atoms with Gasteiger partial charge in [-0.25, -0.2) is 9.97 Å². The molecule has 0 radical (unpaired) electrons. The van der Waals surface area contributed by atoms with Gasteiger partial charge in [0.05, 0.1) is 18.1 Å². The van der Waals surface area contributed by atoms with Crippen LogP contribution in [0.15, 0.2) is 42.9 Å². The number of nitrogens with zero attached hydrogens (tertiary/aromatic N) is 5. The Balaban J connectivity index is 1.68. The molecular weight excluding hydrogens is 266 g/mol. The zero-order chi connectivity index (χ0) is 14.7. The molecule has 1 aromatic carbocycles. The summed E-state index contributed by atoms with van der Waals surface area (Å²) in [4.78, 5) is 10.6. The van der Waals surface area contributed by atoms with Crippen molar-refractivity contribution in [1.82, 2.24) is 19.7 Å². The van der Waals surface area contributed by atoms with Gasteiger partial charge >= 0.3 is 0 Å². The molecular formula is C15H17N5O. The van der Waals surface area contributed by atoms with Gasteiger partial charge in [0, 0.05) is 14.1 Å². The summed E-state index contributed by atoms with van der Waals surface area (Å²) in [5.41, 5.74) is 0.829. The summed E-state index contributed by atoms with van der Waals surface area (Å²) >= 11 is 0. The van der Waals surface area contributed by atoms with Crippen molar-refractivity contribution in [2.75, 3.05) is 25.1 Å². The highest BCUT2D eigenvalue weighted by molar-refractivity contribution is 5.86. The zero-order valence-electron chi connectivity index (χ0n) is 12.1. The summed E-state index contributed by atoms with van der Waals surface area (Å²) in [6.07, 6.45) is 3.35. The van der Waals surface area contributed by atoms with Crippen molar-refractivity contribution in [2.24, 2.45) is 7.05 Å². The molecule has 3 aromatic rings. The number of likely N-dealkylation sites (N-methyl/N-ethyl adjacent to an activating group) is 1. The Bertz CT molecular complexity index is 725. The molecule has 108 valence electrons. The Morgan fingerprint density at radius 3 is 2.81 bits per heavy atom. The van der Waals surface area contributed by atoms with Gasteiger partial charge in [-0.2, -0.15) is 5.10 Å². The minimum Gasteiger partial charge on any atom is -0.492 e. The van der Waals surface area contributed by atoms with Crippen LogP contribution in [0, 0.1) is 0 Å². The minimum atomic E-state index is 0.590. The number of rotatable bonds is 5. The maximum Gasteiger partial charge on any atom is 0.163 e. The second kappa shape index (κ2) is 5.78. The molecule has 3 rings (SSSR count). The van der Waals surface area contributed by atoms with E-state index in [1.807, 2.05) is 44.4 Å². The van der Waals surface area contributed by atoms with Crippen LogP contribution in [0.4, 0.5) is 5.82 Å². The lowest BCUT2D eigenvalue weighted by Gasteiger charge is -2.18. The number of benzene rings is 1. The molecule has 0 unspecified atom stereocenters. The largest absolute Gasteiger partial charge is 0.492 e. The Kier molecular flexibility index (Phi) is 3.68. The van der Waals surface area contributed by atoms with Crippen molar-refractivity contribution >= 4 is 16.9 Å². The molecule has 0 spiro atoms. The summed E-state index contributed by atoms with van der Waals surface area (Å²) in [7, 11) is 3.86. The zero-order valence-corrected chi connectivity index (χ0v) is 12.1. The van der Waals surface area contributed by atoms with Crippen LogP contribution in [-0.2, 0) is 7.05 Å². The van der Waals surface area contributed by atoms with Crippen LogP contribution in [-0.4, -0.2) is 39.9 Å². The summed E-state index contributed by atoms with van der Waals surface area (Å²) < 4.78 is 7.45. The number of hydrogen-bond donors (Lipinski definition) is 0. The van der Waals surface area contributed by atoms with Gasteiger partial charge in [0.1, 0.15) is 24.5 Å². The Labute approximate surface area is 123 Å². The highest BCUT2D eigenvalue weighted by Crippen LogP contribution is 2.20. The molecule has 0 saturated carbocycles. The lowest BCUT2D eigenvalue weighted by atomic mass is 10.3. The first-order chi connectivity index (χ1) is 10.3. The van der Waals surface area contributed by atoms with Crippen molar-refractivity contribution in [2.45, 2.75) is 0 Å². The lowest BCUT2D eigenvalue weighted by molar-refractivity contribution is 0.326. The standard InChI is InChI=1S/C15H17N5O/c1-19(8-9-21-12-6-4-3-5-7-12)14-13-10-18-20(2)15(13)17-11-16-14/h3-7,10-11H,8-9H2,1-2H3. The van der Waals surface area contributed by atoms with E-state index in [-0.39, 0.29) is 0 Å². The van der Waals surface area contributed by atoms with E-state index in [4.69, 9.17) is 4.74 Å². The molecule has 0 amide bonds. The van der Waals surface area contributed by atoms with Crippen LogP contribution in [0.3, 0.4) is 0 Å². The van der Waals surface area contributed by atoms with Gasteiger partial charge in [-0.15, -0.1) is 0 Å². The molecule has 0 N–H and O–H groups in total. The number of para-hydroxylation sites is 1. The molecule has 6 nitrogen and oxygen atoms in total. The van der Waals surface area contributed by atoms with Crippen molar-refractivity contribution in [3.8, 4) is 5.75 Å². The van der Waals surface area contributed by atoms with E-state index in [2.05, 4.69) is 20.0 Å².